The lowest BCUT2D eigenvalue weighted by molar-refractivity contribution is -0.122. The molecule has 1 saturated heterocycles. The predicted octanol–water partition coefficient (Wildman–Crippen LogP) is 3.90. The van der Waals surface area contributed by atoms with Crippen LogP contribution >= 0.6 is 27.5 Å². The first-order valence-corrected chi connectivity index (χ1v) is 10.5. The molecule has 1 atom stereocenters. The van der Waals surface area contributed by atoms with Crippen molar-refractivity contribution < 1.29 is 14.3 Å². The van der Waals surface area contributed by atoms with E-state index in [1.807, 2.05) is 11.9 Å². The van der Waals surface area contributed by atoms with E-state index in [2.05, 4.69) is 26.1 Å². The number of likely N-dealkylation sites (N-methyl/N-ethyl adjacent to an activating group) is 1. The molecule has 1 heterocycles. The summed E-state index contributed by atoms with van der Waals surface area (Å²) in [5, 5.41) is 3.39. The summed E-state index contributed by atoms with van der Waals surface area (Å²) >= 11 is 9.31. The zero-order valence-electron chi connectivity index (χ0n) is 16.3. The zero-order chi connectivity index (χ0) is 21.0. The van der Waals surface area contributed by atoms with E-state index in [-0.39, 0.29) is 11.8 Å². The standard InChI is InChI=1S/C21H23BrClN3O3/c1-14(29-19-8-7-15(23)13-17(19)22)20(27)24-18-6-4-3-5-16(18)21(28)26-11-9-25(2)10-12-26/h3-8,13-14H,9-12H2,1-2H3,(H,24,27)/t14-/m1/s1. The van der Waals surface area contributed by atoms with Gasteiger partial charge in [0.2, 0.25) is 0 Å². The lowest BCUT2D eigenvalue weighted by atomic mass is 10.1. The van der Waals surface area contributed by atoms with Crippen LogP contribution in [0.1, 0.15) is 17.3 Å². The Hall–Kier alpha value is -2.09. The number of benzene rings is 2. The number of para-hydroxylation sites is 1. The first kappa shape index (κ1) is 21.6. The zero-order valence-corrected chi connectivity index (χ0v) is 18.7. The number of rotatable bonds is 5. The van der Waals surface area contributed by atoms with Crippen molar-refractivity contribution in [1.29, 1.82) is 0 Å². The highest BCUT2D eigenvalue weighted by Gasteiger charge is 2.24. The summed E-state index contributed by atoms with van der Waals surface area (Å²) in [6, 6.07) is 12.1. The summed E-state index contributed by atoms with van der Waals surface area (Å²) in [6.45, 7) is 4.66. The highest BCUT2D eigenvalue weighted by atomic mass is 79.9. The Morgan fingerprint density at radius 3 is 2.52 bits per heavy atom. The SMILES string of the molecule is C[C@@H](Oc1ccc(Cl)cc1Br)C(=O)Nc1ccccc1C(=O)N1CCN(C)CC1. The van der Waals surface area contributed by atoms with Gasteiger partial charge in [0.15, 0.2) is 6.10 Å². The molecule has 6 nitrogen and oxygen atoms in total. The van der Waals surface area contributed by atoms with Crippen LogP contribution in [0.2, 0.25) is 5.02 Å². The van der Waals surface area contributed by atoms with Gasteiger partial charge in [-0.25, -0.2) is 0 Å². The molecule has 8 heteroatoms. The summed E-state index contributed by atoms with van der Waals surface area (Å²) in [5.74, 6) is 0.0901. The molecule has 2 aromatic rings. The van der Waals surface area contributed by atoms with E-state index in [0.717, 1.165) is 13.1 Å². The molecule has 0 aliphatic carbocycles. The molecule has 0 saturated carbocycles. The molecule has 154 valence electrons. The van der Waals surface area contributed by atoms with Crippen LogP contribution in [0.5, 0.6) is 5.75 Å². The smallest absolute Gasteiger partial charge is 0.265 e. The second-order valence-corrected chi connectivity index (χ2v) is 8.26. The van der Waals surface area contributed by atoms with E-state index in [1.54, 1.807) is 49.4 Å². The minimum absolute atomic E-state index is 0.0805. The summed E-state index contributed by atoms with van der Waals surface area (Å²) in [4.78, 5) is 29.6. The van der Waals surface area contributed by atoms with Crippen molar-refractivity contribution in [1.82, 2.24) is 9.80 Å². The molecule has 2 amide bonds. The number of anilines is 1. The first-order chi connectivity index (χ1) is 13.8. The normalized spacial score (nSPS) is 15.7. The minimum Gasteiger partial charge on any atom is -0.480 e. The number of hydrogen-bond donors (Lipinski definition) is 1. The molecule has 1 fully saturated rings. The Balaban J connectivity index is 1.69. The largest absolute Gasteiger partial charge is 0.480 e. The van der Waals surface area contributed by atoms with Crippen LogP contribution in [0, 0.1) is 0 Å². The third-order valence-corrected chi connectivity index (χ3v) is 5.63. The number of carbonyl (C=O) groups is 2. The fraction of sp³-hybridized carbons (Fsp3) is 0.333. The van der Waals surface area contributed by atoms with Crippen molar-refractivity contribution in [3.05, 3.63) is 57.5 Å². The van der Waals surface area contributed by atoms with E-state index >= 15 is 0 Å². The van der Waals surface area contributed by atoms with Gasteiger partial charge in [0.05, 0.1) is 15.7 Å². The van der Waals surface area contributed by atoms with Gasteiger partial charge in [-0.2, -0.15) is 0 Å². The number of halogens is 2. The molecule has 0 unspecified atom stereocenters. The topological polar surface area (TPSA) is 61.9 Å². The highest BCUT2D eigenvalue weighted by Crippen LogP contribution is 2.29. The molecule has 1 N–H and O–H groups in total. The Bertz CT molecular complexity index is 900. The number of ether oxygens (including phenoxy) is 1. The van der Waals surface area contributed by atoms with Crippen LogP contribution in [0.15, 0.2) is 46.9 Å². The van der Waals surface area contributed by atoms with Crippen LogP contribution in [-0.4, -0.2) is 60.9 Å². The van der Waals surface area contributed by atoms with Gasteiger partial charge in [-0.05, 0) is 60.2 Å². The molecular formula is C21H23BrClN3O3. The van der Waals surface area contributed by atoms with Crippen LogP contribution in [0.25, 0.3) is 0 Å². The third kappa shape index (κ3) is 5.50. The second kappa shape index (κ2) is 9.61. The summed E-state index contributed by atoms with van der Waals surface area (Å²) in [7, 11) is 2.04. The van der Waals surface area contributed by atoms with Crippen molar-refractivity contribution in [3.8, 4) is 5.75 Å². The molecule has 1 aliphatic rings. The molecular weight excluding hydrogens is 458 g/mol. The van der Waals surface area contributed by atoms with Crippen molar-refractivity contribution >= 4 is 45.0 Å². The molecule has 3 rings (SSSR count). The van der Waals surface area contributed by atoms with E-state index < -0.39 is 6.10 Å². The van der Waals surface area contributed by atoms with Crippen molar-refractivity contribution in [3.63, 3.8) is 0 Å². The number of nitrogens with zero attached hydrogens (tertiary/aromatic N) is 2. The van der Waals surface area contributed by atoms with Crippen molar-refractivity contribution in [2.24, 2.45) is 0 Å². The predicted molar refractivity (Wildman–Crippen MR) is 118 cm³/mol. The molecule has 0 spiro atoms. The summed E-state index contributed by atoms with van der Waals surface area (Å²) in [6.07, 6.45) is -0.765. The van der Waals surface area contributed by atoms with Gasteiger partial charge in [-0.1, -0.05) is 23.7 Å². The van der Waals surface area contributed by atoms with E-state index in [1.165, 1.54) is 0 Å². The lowest BCUT2D eigenvalue weighted by Crippen LogP contribution is -2.47. The first-order valence-electron chi connectivity index (χ1n) is 9.34. The van der Waals surface area contributed by atoms with Gasteiger partial charge in [-0.15, -0.1) is 0 Å². The Kier molecular flexibility index (Phi) is 7.16. The van der Waals surface area contributed by atoms with E-state index in [9.17, 15) is 9.59 Å². The maximum Gasteiger partial charge on any atom is 0.265 e. The van der Waals surface area contributed by atoms with Gasteiger partial charge >= 0.3 is 0 Å². The van der Waals surface area contributed by atoms with Crippen LogP contribution < -0.4 is 10.1 Å². The molecule has 0 radical (unpaired) electrons. The van der Waals surface area contributed by atoms with Crippen LogP contribution in [-0.2, 0) is 4.79 Å². The Morgan fingerprint density at radius 1 is 1.14 bits per heavy atom. The van der Waals surface area contributed by atoms with E-state index in [0.29, 0.717) is 39.6 Å². The number of hydrogen-bond acceptors (Lipinski definition) is 4. The van der Waals surface area contributed by atoms with Crippen molar-refractivity contribution in [2.75, 3.05) is 38.5 Å². The Morgan fingerprint density at radius 2 is 1.83 bits per heavy atom. The third-order valence-electron chi connectivity index (χ3n) is 4.77. The number of nitrogens with one attached hydrogen (secondary N) is 1. The monoisotopic (exact) mass is 479 g/mol. The average molecular weight is 481 g/mol. The molecule has 29 heavy (non-hydrogen) atoms. The molecule has 0 bridgehead atoms. The van der Waals surface area contributed by atoms with Gasteiger partial charge in [0.25, 0.3) is 11.8 Å². The molecule has 1 aliphatic heterocycles. The molecule has 0 aromatic heterocycles. The van der Waals surface area contributed by atoms with E-state index in [4.69, 9.17) is 16.3 Å². The maximum atomic E-state index is 13.0. The number of piperazine rings is 1. The Labute approximate surface area is 183 Å². The fourth-order valence-corrected chi connectivity index (χ4v) is 3.78. The molecule has 2 aromatic carbocycles. The van der Waals surface area contributed by atoms with Crippen LogP contribution in [0.4, 0.5) is 5.69 Å². The van der Waals surface area contributed by atoms with Crippen molar-refractivity contribution in [2.45, 2.75) is 13.0 Å². The van der Waals surface area contributed by atoms with Gasteiger partial charge in [-0.3, -0.25) is 9.59 Å². The van der Waals surface area contributed by atoms with Gasteiger partial charge in [0, 0.05) is 31.2 Å². The summed E-state index contributed by atoms with van der Waals surface area (Å²) in [5.41, 5.74) is 0.956. The van der Waals surface area contributed by atoms with Crippen LogP contribution in [0.3, 0.4) is 0 Å². The fourth-order valence-electron chi connectivity index (χ4n) is 3.01. The quantitative estimate of drug-likeness (QED) is 0.705. The number of amides is 2. The van der Waals surface area contributed by atoms with Gasteiger partial charge < -0.3 is 19.9 Å². The number of carbonyl (C=O) groups excluding carboxylic acids is 2. The lowest BCUT2D eigenvalue weighted by Gasteiger charge is -2.32. The average Bonchev–Trinajstić information content (AvgIpc) is 2.70. The summed E-state index contributed by atoms with van der Waals surface area (Å²) < 4.78 is 6.41. The minimum atomic E-state index is -0.765. The van der Waals surface area contributed by atoms with Gasteiger partial charge in [0.1, 0.15) is 5.75 Å². The maximum absolute atomic E-state index is 13.0. The second-order valence-electron chi connectivity index (χ2n) is 6.97. The highest BCUT2D eigenvalue weighted by molar-refractivity contribution is 9.10.